The minimum absolute atomic E-state index is 0.0896. The Morgan fingerprint density at radius 3 is 2.77 bits per heavy atom. The molecule has 1 aromatic carbocycles. The van der Waals surface area contributed by atoms with E-state index in [0.717, 1.165) is 23.4 Å². The number of anilines is 1. The molecule has 0 saturated heterocycles. The third kappa shape index (κ3) is 4.75. The van der Waals surface area contributed by atoms with Gasteiger partial charge >= 0.3 is 0 Å². The molecule has 2 aliphatic rings. The van der Waals surface area contributed by atoms with Crippen LogP contribution < -0.4 is 15.0 Å². The van der Waals surface area contributed by atoms with Crippen LogP contribution in [-0.2, 0) is 11.2 Å². The van der Waals surface area contributed by atoms with Crippen molar-refractivity contribution in [1.82, 2.24) is 30.7 Å². The van der Waals surface area contributed by atoms with Crippen molar-refractivity contribution in [3.63, 3.8) is 0 Å². The first-order valence-electron chi connectivity index (χ1n) is 11.9. The van der Waals surface area contributed by atoms with Gasteiger partial charge in [-0.1, -0.05) is 25.7 Å². The topological polar surface area (TPSA) is 139 Å². The molecule has 35 heavy (non-hydrogen) atoms. The van der Waals surface area contributed by atoms with Crippen LogP contribution in [0.4, 0.5) is 5.69 Å². The van der Waals surface area contributed by atoms with Crippen molar-refractivity contribution in [1.29, 1.82) is 0 Å². The number of nitrogens with zero attached hydrogens (tertiary/aromatic N) is 5. The number of carbonyl (C=O) groups excluding carboxylic acids is 2. The minimum Gasteiger partial charge on any atom is -0.490 e. The first-order chi connectivity index (χ1) is 16.9. The number of aromatic amines is 1. The molecule has 2 aromatic heterocycles. The van der Waals surface area contributed by atoms with Crippen molar-refractivity contribution in [2.45, 2.75) is 46.0 Å². The first-order valence-corrected chi connectivity index (χ1v) is 11.9. The maximum Gasteiger partial charge on any atom is 0.290 e. The number of fused-ring (bicyclic) bond motifs is 1. The Morgan fingerprint density at radius 1 is 1.23 bits per heavy atom. The number of hydrogen-bond acceptors (Lipinski definition) is 8. The third-order valence-electron chi connectivity index (χ3n) is 6.74. The second kappa shape index (κ2) is 9.47. The number of hydrogen-bond donors (Lipinski definition) is 2. The largest absolute Gasteiger partial charge is 0.490 e. The maximum atomic E-state index is 13.2. The molecule has 0 bridgehead atoms. The first kappa shape index (κ1) is 23.0. The van der Waals surface area contributed by atoms with Crippen molar-refractivity contribution in [2.75, 3.05) is 25.1 Å². The second-order valence-corrected chi connectivity index (χ2v) is 9.34. The summed E-state index contributed by atoms with van der Waals surface area (Å²) in [5, 5.41) is 17.7. The summed E-state index contributed by atoms with van der Waals surface area (Å²) in [7, 11) is 1.69. The van der Waals surface area contributed by atoms with Crippen molar-refractivity contribution in [3.05, 3.63) is 35.2 Å². The molecule has 0 spiro atoms. The van der Waals surface area contributed by atoms with Crippen LogP contribution in [0.1, 0.15) is 53.6 Å². The molecule has 0 radical (unpaired) electrons. The second-order valence-electron chi connectivity index (χ2n) is 9.34. The third-order valence-corrected chi connectivity index (χ3v) is 6.74. The van der Waals surface area contributed by atoms with Crippen LogP contribution in [0, 0.1) is 25.7 Å². The standard InChI is InChI=1S/C24H29N7O4/c1-13-8-19-18(10-17(13)23-30-27-14(2)35-23)31(3)24(33)16(12-34-19)11-25-22(32)21-26-20(28-29-21)9-15-6-4-5-7-15/h8,10,15-16H,4-7,9,11-12H2,1-3H3,(H,25,32)(H,26,28,29). The van der Waals surface area contributed by atoms with Gasteiger partial charge in [0.25, 0.3) is 5.91 Å². The molecule has 3 aromatic rings. The summed E-state index contributed by atoms with van der Waals surface area (Å²) in [5.41, 5.74) is 2.22. The van der Waals surface area contributed by atoms with Crippen LogP contribution in [0.3, 0.4) is 0 Å². The lowest BCUT2D eigenvalue weighted by atomic mass is 10.0. The van der Waals surface area contributed by atoms with Gasteiger partial charge in [0.15, 0.2) is 0 Å². The fourth-order valence-electron chi connectivity index (χ4n) is 4.76. The molecule has 1 atom stereocenters. The molecule has 1 unspecified atom stereocenters. The highest BCUT2D eigenvalue weighted by Gasteiger charge is 2.31. The molecule has 1 fully saturated rings. The molecule has 184 valence electrons. The zero-order valence-corrected chi connectivity index (χ0v) is 20.1. The highest BCUT2D eigenvalue weighted by Crippen LogP contribution is 2.37. The van der Waals surface area contributed by atoms with Crippen molar-refractivity contribution < 1.29 is 18.7 Å². The van der Waals surface area contributed by atoms with Gasteiger partial charge in [0.1, 0.15) is 18.2 Å². The predicted octanol–water partition coefficient (Wildman–Crippen LogP) is 2.61. The van der Waals surface area contributed by atoms with Crippen molar-refractivity contribution in [2.24, 2.45) is 11.8 Å². The van der Waals surface area contributed by atoms with E-state index in [1.165, 1.54) is 30.6 Å². The highest BCUT2D eigenvalue weighted by molar-refractivity contribution is 5.98. The van der Waals surface area contributed by atoms with Crippen LogP contribution in [0.25, 0.3) is 11.5 Å². The van der Waals surface area contributed by atoms with E-state index in [4.69, 9.17) is 9.15 Å². The van der Waals surface area contributed by atoms with Gasteiger partial charge in [-0.05, 0) is 30.5 Å². The molecule has 2 amide bonds. The summed E-state index contributed by atoms with van der Waals surface area (Å²) in [6, 6.07) is 3.67. The molecule has 1 aliphatic heterocycles. The molecule has 3 heterocycles. The average molecular weight is 480 g/mol. The molecule has 5 rings (SSSR count). The van der Waals surface area contributed by atoms with E-state index < -0.39 is 11.8 Å². The Balaban J connectivity index is 1.25. The average Bonchev–Trinajstić information content (AvgIpc) is 3.60. The van der Waals surface area contributed by atoms with Gasteiger partial charge in [-0.25, -0.2) is 4.98 Å². The molecule has 1 aliphatic carbocycles. The Hall–Kier alpha value is -3.76. The van der Waals surface area contributed by atoms with Crippen LogP contribution >= 0.6 is 0 Å². The number of benzene rings is 1. The summed E-state index contributed by atoms with van der Waals surface area (Å²) in [5.74, 6) is 1.70. The van der Waals surface area contributed by atoms with Gasteiger partial charge in [-0.2, -0.15) is 0 Å². The number of H-pyrrole nitrogens is 1. The number of aromatic nitrogens is 5. The summed E-state index contributed by atoms with van der Waals surface area (Å²) in [4.78, 5) is 31.7. The normalized spacial score (nSPS) is 18.3. The van der Waals surface area contributed by atoms with E-state index in [9.17, 15) is 9.59 Å². The zero-order valence-electron chi connectivity index (χ0n) is 20.1. The Bertz CT molecular complexity index is 1240. The van der Waals surface area contributed by atoms with Crippen LogP contribution in [0.5, 0.6) is 5.75 Å². The molecule has 11 heteroatoms. The number of nitrogens with one attached hydrogen (secondary N) is 2. The predicted molar refractivity (Wildman–Crippen MR) is 126 cm³/mol. The van der Waals surface area contributed by atoms with Gasteiger partial charge in [0.2, 0.25) is 23.5 Å². The number of ether oxygens (including phenoxy) is 1. The Morgan fingerprint density at radius 2 is 2.03 bits per heavy atom. The van der Waals surface area contributed by atoms with E-state index in [2.05, 4.69) is 30.7 Å². The monoisotopic (exact) mass is 479 g/mol. The van der Waals surface area contributed by atoms with Gasteiger partial charge in [-0.15, -0.1) is 15.3 Å². The smallest absolute Gasteiger partial charge is 0.290 e. The van der Waals surface area contributed by atoms with E-state index in [-0.39, 0.29) is 24.9 Å². The van der Waals surface area contributed by atoms with Crippen LogP contribution in [-0.4, -0.2) is 57.4 Å². The minimum atomic E-state index is -0.567. The van der Waals surface area contributed by atoms with Crippen molar-refractivity contribution in [3.8, 4) is 17.2 Å². The number of aryl methyl sites for hydroxylation is 2. The van der Waals surface area contributed by atoms with E-state index >= 15 is 0 Å². The number of rotatable bonds is 6. The lowest BCUT2D eigenvalue weighted by molar-refractivity contribution is -0.122. The van der Waals surface area contributed by atoms with Crippen molar-refractivity contribution >= 4 is 17.5 Å². The number of amides is 2. The molecular weight excluding hydrogens is 450 g/mol. The van der Waals surface area contributed by atoms with Gasteiger partial charge < -0.3 is 19.4 Å². The molecule has 11 nitrogen and oxygen atoms in total. The summed E-state index contributed by atoms with van der Waals surface area (Å²) < 4.78 is 11.6. The summed E-state index contributed by atoms with van der Waals surface area (Å²) >= 11 is 0. The molecular formula is C24H29N7O4. The van der Waals surface area contributed by atoms with E-state index in [1.54, 1.807) is 14.0 Å². The fraction of sp³-hybridized carbons (Fsp3) is 0.500. The summed E-state index contributed by atoms with van der Waals surface area (Å²) in [6.45, 7) is 3.88. The number of carbonyl (C=O) groups is 2. The quantitative estimate of drug-likeness (QED) is 0.550. The SMILES string of the molecule is Cc1nnc(-c2cc3c(cc2C)OCC(CNC(=O)c2n[nH]c(CC4CCCC4)n2)C(=O)N3C)o1. The van der Waals surface area contributed by atoms with Crippen LogP contribution in [0.15, 0.2) is 16.5 Å². The van der Waals surface area contributed by atoms with Crippen LogP contribution in [0.2, 0.25) is 0 Å². The Labute approximate surface area is 202 Å². The van der Waals surface area contributed by atoms with E-state index in [0.29, 0.717) is 29.1 Å². The Kier molecular flexibility index (Phi) is 6.23. The lowest BCUT2D eigenvalue weighted by Gasteiger charge is -2.20. The fourth-order valence-corrected chi connectivity index (χ4v) is 4.76. The molecule has 1 saturated carbocycles. The van der Waals surface area contributed by atoms with Gasteiger partial charge in [0, 0.05) is 32.5 Å². The van der Waals surface area contributed by atoms with Gasteiger partial charge in [0.05, 0.1) is 11.6 Å². The highest BCUT2D eigenvalue weighted by atomic mass is 16.5. The zero-order chi connectivity index (χ0) is 24.5. The summed E-state index contributed by atoms with van der Waals surface area (Å²) in [6.07, 6.45) is 5.69. The van der Waals surface area contributed by atoms with E-state index in [1.807, 2.05) is 19.1 Å². The lowest BCUT2D eigenvalue weighted by Crippen LogP contribution is -2.41. The van der Waals surface area contributed by atoms with Gasteiger partial charge in [-0.3, -0.25) is 14.7 Å². The molecule has 2 N–H and O–H groups in total. The maximum absolute atomic E-state index is 13.2.